The van der Waals surface area contributed by atoms with Crippen LogP contribution in [0.25, 0.3) is 0 Å². The summed E-state index contributed by atoms with van der Waals surface area (Å²) in [7, 11) is 0. The Hall–Kier alpha value is -3.38. The summed E-state index contributed by atoms with van der Waals surface area (Å²) in [5.74, 6) is -0.867. The molecule has 178 valence electrons. The van der Waals surface area contributed by atoms with E-state index in [0.29, 0.717) is 16.3 Å². The van der Waals surface area contributed by atoms with Crippen molar-refractivity contribution in [3.63, 3.8) is 0 Å². The zero-order chi connectivity index (χ0) is 24.5. The maximum absolute atomic E-state index is 14.5. The molecule has 0 aromatic heterocycles. The Bertz CT molecular complexity index is 1110. The number of para-hydroxylation sites is 1. The zero-order valence-electron chi connectivity index (χ0n) is 19.2. The molecule has 0 spiro atoms. The van der Waals surface area contributed by atoms with Crippen molar-refractivity contribution < 1.29 is 18.7 Å². The quantitative estimate of drug-likeness (QED) is 0.441. The molecular weight excluding hydrogens is 455 g/mol. The standard InChI is InChI=1S/C27H28ClFN2O3/c1-19(2)30-27(33)24(16-20-10-4-3-5-11-20)31(17-21-12-6-8-14-23(21)29)26(32)18-34-25-15-9-7-13-22(25)28/h3-15,19,24H,16-18H2,1-2H3,(H,30,33)/t24-/m0/s1. The molecule has 0 saturated heterocycles. The molecule has 0 unspecified atom stereocenters. The molecule has 0 aliphatic carbocycles. The van der Waals surface area contributed by atoms with E-state index >= 15 is 0 Å². The Morgan fingerprint density at radius 1 is 0.971 bits per heavy atom. The van der Waals surface area contributed by atoms with E-state index < -0.39 is 17.8 Å². The molecule has 1 N–H and O–H groups in total. The van der Waals surface area contributed by atoms with Crippen LogP contribution in [-0.2, 0) is 22.6 Å². The van der Waals surface area contributed by atoms with Crippen LogP contribution in [-0.4, -0.2) is 35.4 Å². The number of benzene rings is 3. The molecule has 3 aromatic rings. The molecule has 5 nitrogen and oxygen atoms in total. The summed E-state index contributed by atoms with van der Waals surface area (Å²) in [6.07, 6.45) is 0.270. The van der Waals surface area contributed by atoms with Gasteiger partial charge in [-0.15, -0.1) is 0 Å². The van der Waals surface area contributed by atoms with Gasteiger partial charge in [0.25, 0.3) is 5.91 Å². The number of rotatable bonds is 10. The van der Waals surface area contributed by atoms with Gasteiger partial charge < -0.3 is 15.0 Å². The van der Waals surface area contributed by atoms with Gasteiger partial charge in [0.15, 0.2) is 6.61 Å². The third-order valence-electron chi connectivity index (χ3n) is 5.19. The summed E-state index contributed by atoms with van der Waals surface area (Å²) in [5.41, 5.74) is 1.19. The van der Waals surface area contributed by atoms with Crippen LogP contribution in [0.5, 0.6) is 5.75 Å². The van der Waals surface area contributed by atoms with Crippen LogP contribution in [0.15, 0.2) is 78.9 Å². The van der Waals surface area contributed by atoms with Crippen molar-refractivity contribution >= 4 is 23.4 Å². The molecule has 3 rings (SSSR count). The smallest absolute Gasteiger partial charge is 0.261 e. The Kier molecular flexibility index (Phi) is 9.05. The summed E-state index contributed by atoms with van der Waals surface area (Å²) in [5, 5.41) is 3.26. The number of nitrogens with one attached hydrogen (secondary N) is 1. The summed E-state index contributed by atoms with van der Waals surface area (Å²) in [6.45, 7) is 3.26. The molecule has 0 aliphatic heterocycles. The lowest BCUT2D eigenvalue weighted by Crippen LogP contribution is -2.53. The van der Waals surface area contributed by atoms with E-state index in [1.54, 1.807) is 42.5 Å². The first-order chi connectivity index (χ1) is 16.3. The van der Waals surface area contributed by atoms with Crippen molar-refractivity contribution in [3.05, 3.63) is 101 Å². The summed E-state index contributed by atoms with van der Waals surface area (Å²) in [6, 6.07) is 21.4. The van der Waals surface area contributed by atoms with Gasteiger partial charge in [-0.1, -0.05) is 72.3 Å². The lowest BCUT2D eigenvalue weighted by Gasteiger charge is -2.32. The van der Waals surface area contributed by atoms with Crippen molar-refractivity contribution in [3.8, 4) is 5.75 Å². The highest BCUT2D eigenvalue weighted by atomic mass is 35.5. The molecule has 3 aromatic carbocycles. The van der Waals surface area contributed by atoms with Crippen LogP contribution in [0.4, 0.5) is 4.39 Å². The fourth-order valence-electron chi connectivity index (χ4n) is 3.53. The van der Waals surface area contributed by atoms with E-state index in [-0.39, 0.29) is 31.5 Å². The second-order valence-electron chi connectivity index (χ2n) is 8.20. The van der Waals surface area contributed by atoms with Gasteiger partial charge in [0.2, 0.25) is 5.91 Å². The van der Waals surface area contributed by atoms with E-state index in [1.165, 1.54) is 11.0 Å². The second-order valence-corrected chi connectivity index (χ2v) is 8.61. The third-order valence-corrected chi connectivity index (χ3v) is 5.50. The Labute approximate surface area is 204 Å². The number of amides is 2. The lowest BCUT2D eigenvalue weighted by atomic mass is 10.0. The molecule has 0 aliphatic rings. The van der Waals surface area contributed by atoms with Crippen LogP contribution >= 0.6 is 11.6 Å². The van der Waals surface area contributed by atoms with Gasteiger partial charge in [0, 0.05) is 24.6 Å². The molecular formula is C27H28ClFN2O3. The van der Waals surface area contributed by atoms with Crippen LogP contribution in [0.2, 0.25) is 5.02 Å². The molecule has 0 heterocycles. The lowest BCUT2D eigenvalue weighted by molar-refractivity contribution is -0.143. The van der Waals surface area contributed by atoms with Gasteiger partial charge >= 0.3 is 0 Å². The maximum Gasteiger partial charge on any atom is 0.261 e. The van der Waals surface area contributed by atoms with Gasteiger partial charge in [-0.2, -0.15) is 0 Å². The van der Waals surface area contributed by atoms with E-state index in [0.717, 1.165) is 5.56 Å². The Balaban J connectivity index is 1.93. The highest BCUT2D eigenvalue weighted by Gasteiger charge is 2.31. The summed E-state index contributed by atoms with van der Waals surface area (Å²) >= 11 is 6.15. The zero-order valence-corrected chi connectivity index (χ0v) is 20.0. The van der Waals surface area contributed by atoms with Crippen LogP contribution < -0.4 is 10.1 Å². The first kappa shape index (κ1) is 25.2. The van der Waals surface area contributed by atoms with E-state index in [1.807, 2.05) is 44.2 Å². The third kappa shape index (κ3) is 7.06. The number of hydrogen-bond donors (Lipinski definition) is 1. The normalized spacial score (nSPS) is 11.7. The van der Waals surface area contributed by atoms with Crippen LogP contribution in [0, 0.1) is 5.82 Å². The molecule has 0 radical (unpaired) electrons. The minimum Gasteiger partial charge on any atom is -0.482 e. The Morgan fingerprint density at radius 3 is 2.29 bits per heavy atom. The highest BCUT2D eigenvalue weighted by molar-refractivity contribution is 6.32. The highest BCUT2D eigenvalue weighted by Crippen LogP contribution is 2.24. The number of ether oxygens (including phenoxy) is 1. The SMILES string of the molecule is CC(C)NC(=O)[C@H](Cc1ccccc1)N(Cc1ccccc1F)C(=O)COc1ccccc1Cl. The predicted molar refractivity (Wildman–Crippen MR) is 131 cm³/mol. The van der Waals surface area contributed by atoms with Crippen molar-refractivity contribution in [1.29, 1.82) is 0 Å². The number of carbonyl (C=O) groups is 2. The molecule has 0 saturated carbocycles. The average Bonchev–Trinajstić information content (AvgIpc) is 2.82. The van der Waals surface area contributed by atoms with Crippen molar-refractivity contribution in [1.82, 2.24) is 10.2 Å². The van der Waals surface area contributed by atoms with E-state index in [9.17, 15) is 14.0 Å². The predicted octanol–water partition coefficient (Wildman–Crippen LogP) is 5.02. The molecule has 34 heavy (non-hydrogen) atoms. The second kappa shape index (κ2) is 12.2. The summed E-state index contributed by atoms with van der Waals surface area (Å²) in [4.78, 5) is 28.0. The van der Waals surface area contributed by atoms with Gasteiger partial charge in [-0.25, -0.2) is 4.39 Å². The molecule has 0 fully saturated rings. The molecule has 2 amide bonds. The number of halogens is 2. The topological polar surface area (TPSA) is 58.6 Å². The molecule has 7 heteroatoms. The van der Waals surface area contributed by atoms with Gasteiger partial charge in [-0.05, 0) is 37.6 Å². The monoisotopic (exact) mass is 482 g/mol. The fraction of sp³-hybridized carbons (Fsp3) is 0.259. The van der Waals surface area contributed by atoms with Crippen molar-refractivity contribution in [2.24, 2.45) is 0 Å². The first-order valence-corrected chi connectivity index (χ1v) is 11.5. The van der Waals surface area contributed by atoms with Gasteiger partial charge in [-0.3, -0.25) is 9.59 Å². The van der Waals surface area contributed by atoms with Crippen LogP contribution in [0.1, 0.15) is 25.0 Å². The van der Waals surface area contributed by atoms with Crippen molar-refractivity contribution in [2.75, 3.05) is 6.61 Å². The van der Waals surface area contributed by atoms with E-state index in [2.05, 4.69) is 5.32 Å². The fourth-order valence-corrected chi connectivity index (χ4v) is 3.72. The molecule has 0 bridgehead atoms. The largest absolute Gasteiger partial charge is 0.482 e. The average molecular weight is 483 g/mol. The first-order valence-electron chi connectivity index (χ1n) is 11.1. The number of carbonyl (C=O) groups excluding carboxylic acids is 2. The maximum atomic E-state index is 14.5. The minimum absolute atomic E-state index is 0.0829. The Morgan fingerprint density at radius 2 is 1.62 bits per heavy atom. The summed E-state index contributed by atoms with van der Waals surface area (Å²) < 4.78 is 20.2. The van der Waals surface area contributed by atoms with E-state index in [4.69, 9.17) is 16.3 Å². The minimum atomic E-state index is -0.869. The van der Waals surface area contributed by atoms with Crippen LogP contribution in [0.3, 0.4) is 0 Å². The van der Waals surface area contributed by atoms with Gasteiger partial charge in [0.05, 0.1) is 5.02 Å². The number of nitrogens with zero attached hydrogens (tertiary/aromatic N) is 1. The van der Waals surface area contributed by atoms with Gasteiger partial charge in [0.1, 0.15) is 17.6 Å². The van der Waals surface area contributed by atoms with Crippen molar-refractivity contribution in [2.45, 2.75) is 38.9 Å². The molecule has 1 atom stereocenters. The number of hydrogen-bond acceptors (Lipinski definition) is 3.